The van der Waals surface area contributed by atoms with Crippen molar-refractivity contribution in [1.82, 2.24) is 23.8 Å². The molecule has 4 aromatic heterocycles. The van der Waals surface area contributed by atoms with Crippen molar-refractivity contribution in [2.75, 3.05) is 0 Å². The second-order valence-corrected chi connectivity index (χ2v) is 14.0. The van der Waals surface area contributed by atoms with Gasteiger partial charge in [-0.15, -0.1) is 0 Å². The lowest BCUT2D eigenvalue weighted by atomic mass is 10.0. The lowest BCUT2D eigenvalue weighted by Gasteiger charge is -2.13. The first kappa shape index (κ1) is 29.2. The molecule has 8 aromatic carbocycles. The van der Waals surface area contributed by atoms with Crippen LogP contribution in [0.3, 0.4) is 0 Å². The quantitative estimate of drug-likeness (QED) is 0.186. The molecule has 54 heavy (non-hydrogen) atoms. The molecule has 0 aliphatic heterocycles. The average molecular weight is 688 g/mol. The molecule has 0 N–H and O–H groups in total. The fourth-order valence-electron chi connectivity index (χ4n) is 8.83. The number of fused-ring (bicyclic) bond motifs is 12. The van der Waals surface area contributed by atoms with Crippen LogP contribution in [0.15, 0.2) is 176 Å². The van der Waals surface area contributed by atoms with Crippen molar-refractivity contribution in [3.8, 4) is 34.2 Å². The van der Waals surface area contributed by atoms with Crippen LogP contribution in [0.4, 0.5) is 0 Å². The standard InChI is InChI=1S/C49H29N5/c1-3-15-31(16-4-1)47-50-48(32-17-5-2-6-18-32)52-49(51-47)39-24-13-26-41-43(39)38-23-11-21-36-37-29-28-30-14-7-8-19-33(30)44(37)54-40-25-10-9-20-34(40)35-22-12-27-42(46(35)54)53(41)45(36)38/h1-29H. The molecule has 250 valence electrons. The van der Waals surface area contributed by atoms with Gasteiger partial charge in [-0.05, 0) is 23.6 Å². The van der Waals surface area contributed by atoms with Gasteiger partial charge in [0.25, 0.3) is 0 Å². The molecule has 0 bridgehead atoms. The summed E-state index contributed by atoms with van der Waals surface area (Å²) in [5.41, 5.74) is 9.86. The summed E-state index contributed by atoms with van der Waals surface area (Å²) in [5, 5.41) is 9.55. The number of hydrogen-bond acceptors (Lipinski definition) is 3. The van der Waals surface area contributed by atoms with Gasteiger partial charge < -0.3 is 8.80 Å². The minimum Gasteiger partial charge on any atom is -0.306 e. The highest BCUT2D eigenvalue weighted by Gasteiger charge is 2.23. The van der Waals surface area contributed by atoms with E-state index in [0.717, 1.165) is 38.5 Å². The first-order valence-electron chi connectivity index (χ1n) is 18.3. The molecule has 0 amide bonds. The minimum absolute atomic E-state index is 0.645. The van der Waals surface area contributed by atoms with E-state index in [1.54, 1.807) is 0 Å². The first-order valence-corrected chi connectivity index (χ1v) is 18.3. The number of rotatable bonds is 3. The van der Waals surface area contributed by atoms with E-state index in [1.165, 1.54) is 54.4 Å². The van der Waals surface area contributed by atoms with Gasteiger partial charge in [0.15, 0.2) is 17.5 Å². The summed E-state index contributed by atoms with van der Waals surface area (Å²) in [6.07, 6.45) is 0. The van der Waals surface area contributed by atoms with Crippen LogP contribution in [0.5, 0.6) is 0 Å². The molecular formula is C49H29N5. The summed E-state index contributed by atoms with van der Waals surface area (Å²) in [6, 6.07) is 62.6. The van der Waals surface area contributed by atoms with Gasteiger partial charge in [-0.2, -0.15) is 0 Å². The van der Waals surface area contributed by atoms with E-state index in [1.807, 2.05) is 36.4 Å². The van der Waals surface area contributed by atoms with Gasteiger partial charge in [0.05, 0.1) is 33.1 Å². The molecule has 5 nitrogen and oxygen atoms in total. The monoisotopic (exact) mass is 687 g/mol. The highest BCUT2D eigenvalue weighted by atomic mass is 15.0. The third kappa shape index (κ3) is 4.01. The van der Waals surface area contributed by atoms with Crippen molar-refractivity contribution in [3.63, 3.8) is 0 Å². The van der Waals surface area contributed by atoms with E-state index in [2.05, 4.69) is 148 Å². The second kappa shape index (κ2) is 11.1. The van der Waals surface area contributed by atoms with E-state index in [-0.39, 0.29) is 0 Å². The maximum Gasteiger partial charge on any atom is 0.164 e. The molecule has 0 aliphatic rings. The predicted molar refractivity (Wildman–Crippen MR) is 223 cm³/mol. The molecule has 4 heterocycles. The van der Waals surface area contributed by atoms with Crippen LogP contribution >= 0.6 is 0 Å². The zero-order valence-electron chi connectivity index (χ0n) is 29.0. The number of benzene rings is 8. The Morgan fingerprint density at radius 1 is 0.296 bits per heavy atom. The van der Waals surface area contributed by atoms with Crippen LogP contribution in [-0.2, 0) is 0 Å². The van der Waals surface area contributed by atoms with Crippen molar-refractivity contribution in [2.24, 2.45) is 0 Å². The Morgan fingerprint density at radius 2 is 0.815 bits per heavy atom. The zero-order valence-corrected chi connectivity index (χ0v) is 29.0. The molecule has 0 unspecified atom stereocenters. The predicted octanol–water partition coefficient (Wildman–Crippen LogP) is 12.3. The molecule has 0 spiro atoms. The lowest BCUT2D eigenvalue weighted by molar-refractivity contribution is 1.08. The van der Waals surface area contributed by atoms with Crippen LogP contribution in [0.1, 0.15) is 0 Å². The minimum atomic E-state index is 0.645. The van der Waals surface area contributed by atoms with Crippen molar-refractivity contribution in [1.29, 1.82) is 0 Å². The van der Waals surface area contributed by atoms with Gasteiger partial charge >= 0.3 is 0 Å². The number of para-hydroxylation sites is 3. The molecule has 0 radical (unpaired) electrons. The highest BCUT2D eigenvalue weighted by Crippen LogP contribution is 2.44. The van der Waals surface area contributed by atoms with Crippen molar-refractivity contribution >= 4 is 76.2 Å². The van der Waals surface area contributed by atoms with E-state index in [0.29, 0.717) is 17.5 Å². The molecule has 0 fully saturated rings. The Bertz CT molecular complexity index is 3430. The van der Waals surface area contributed by atoms with Gasteiger partial charge in [-0.1, -0.05) is 158 Å². The summed E-state index contributed by atoms with van der Waals surface area (Å²) >= 11 is 0. The molecule has 0 saturated heterocycles. The number of nitrogens with zero attached hydrogens (tertiary/aromatic N) is 5. The first-order chi connectivity index (χ1) is 26.8. The average Bonchev–Trinajstić information content (AvgIpc) is 3.76. The summed E-state index contributed by atoms with van der Waals surface area (Å²) in [7, 11) is 0. The van der Waals surface area contributed by atoms with E-state index in [4.69, 9.17) is 15.0 Å². The zero-order chi connectivity index (χ0) is 35.3. The van der Waals surface area contributed by atoms with Crippen LogP contribution in [0.25, 0.3) is 110 Å². The van der Waals surface area contributed by atoms with E-state index < -0.39 is 0 Å². The molecule has 0 saturated carbocycles. The Morgan fingerprint density at radius 3 is 1.59 bits per heavy atom. The SMILES string of the molecule is c1ccc(-c2nc(-c3ccccc3)nc(-c3cccc4c3c3cccc5c6ccc7ccccc7c6n6c7ccccc7c7cccc(c76)n4c53)n2)cc1. The number of aromatic nitrogens is 5. The largest absolute Gasteiger partial charge is 0.306 e. The molecule has 12 rings (SSSR count). The fraction of sp³-hybridized carbons (Fsp3) is 0. The van der Waals surface area contributed by atoms with Crippen molar-refractivity contribution < 1.29 is 0 Å². The summed E-state index contributed by atoms with van der Waals surface area (Å²) in [6.45, 7) is 0. The van der Waals surface area contributed by atoms with Gasteiger partial charge in [-0.3, -0.25) is 0 Å². The summed E-state index contributed by atoms with van der Waals surface area (Å²) in [4.78, 5) is 15.4. The molecule has 12 aromatic rings. The maximum atomic E-state index is 5.20. The van der Waals surface area contributed by atoms with Crippen LogP contribution in [0.2, 0.25) is 0 Å². The topological polar surface area (TPSA) is 47.5 Å². The Hall–Kier alpha value is -7.37. The lowest BCUT2D eigenvalue weighted by Crippen LogP contribution is -2.00. The van der Waals surface area contributed by atoms with E-state index >= 15 is 0 Å². The third-order valence-corrected chi connectivity index (χ3v) is 11.1. The van der Waals surface area contributed by atoms with E-state index in [9.17, 15) is 0 Å². The third-order valence-electron chi connectivity index (χ3n) is 11.1. The summed E-state index contributed by atoms with van der Waals surface area (Å²) < 4.78 is 5.00. The highest BCUT2D eigenvalue weighted by molar-refractivity contribution is 6.27. The Balaban J connectivity index is 1.31. The van der Waals surface area contributed by atoms with Gasteiger partial charge in [0.2, 0.25) is 0 Å². The second-order valence-electron chi connectivity index (χ2n) is 14.0. The summed E-state index contributed by atoms with van der Waals surface area (Å²) in [5.74, 6) is 1.94. The Labute approximate surface area is 309 Å². The molecule has 0 aliphatic carbocycles. The molecule has 0 atom stereocenters. The van der Waals surface area contributed by atoms with Crippen LogP contribution in [-0.4, -0.2) is 23.8 Å². The van der Waals surface area contributed by atoms with Gasteiger partial charge in [0.1, 0.15) is 0 Å². The van der Waals surface area contributed by atoms with Crippen molar-refractivity contribution in [3.05, 3.63) is 176 Å². The van der Waals surface area contributed by atoms with Gasteiger partial charge in [-0.25, -0.2) is 15.0 Å². The maximum absolute atomic E-state index is 5.20. The van der Waals surface area contributed by atoms with Crippen molar-refractivity contribution in [2.45, 2.75) is 0 Å². The molecule has 5 heteroatoms. The Kier molecular flexibility index (Phi) is 5.99. The normalized spacial score (nSPS) is 12.1. The van der Waals surface area contributed by atoms with Gasteiger partial charge in [0, 0.05) is 54.4 Å². The smallest absolute Gasteiger partial charge is 0.164 e. The molecular weight excluding hydrogens is 659 g/mol. The number of hydrogen-bond donors (Lipinski definition) is 0. The fourth-order valence-corrected chi connectivity index (χ4v) is 8.83. The van der Waals surface area contributed by atoms with Crippen LogP contribution < -0.4 is 0 Å². The van der Waals surface area contributed by atoms with Crippen LogP contribution in [0, 0.1) is 0 Å².